The van der Waals surface area contributed by atoms with E-state index in [1.165, 1.54) is 24.0 Å². The molecule has 20 heavy (non-hydrogen) atoms. The summed E-state index contributed by atoms with van der Waals surface area (Å²) in [6.45, 7) is 4.66. The van der Waals surface area contributed by atoms with Crippen LogP contribution in [0.2, 0.25) is 0 Å². The maximum atomic E-state index is 6.07. The van der Waals surface area contributed by atoms with Crippen LogP contribution >= 0.6 is 11.3 Å². The Morgan fingerprint density at radius 3 is 2.95 bits per heavy atom. The summed E-state index contributed by atoms with van der Waals surface area (Å²) in [5.41, 5.74) is 8.71. The van der Waals surface area contributed by atoms with Crippen molar-refractivity contribution in [3.63, 3.8) is 0 Å². The highest BCUT2D eigenvalue weighted by molar-refractivity contribution is 7.07. The largest absolute Gasteiger partial charge is 0.329 e. The molecule has 2 N–H and O–H groups in total. The van der Waals surface area contributed by atoms with Crippen LogP contribution in [-0.2, 0) is 13.1 Å². The number of nitrogens with two attached hydrogens (primary N) is 1. The molecule has 0 spiro atoms. The Balaban J connectivity index is 1.80. The molecule has 3 rings (SSSR count). The summed E-state index contributed by atoms with van der Waals surface area (Å²) >= 11 is 1.76. The van der Waals surface area contributed by atoms with Crippen LogP contribution in [0.5, 0.6) is 0 Å². The number of thiophene rings is 1. The molecular formula is C15H22N4S. The minimum absolute atomic E-state index is 0.280. The van der Waals surface area contributed by atoms with Gasteiger partial charge in [-0.15, -0.1) is 0 Å². The number of hydrogen-bond acceptors (Lipinski definition) is 4. The molecule has 2 aromatic rings. The van der Waals surface area contributed by atoms with E-state index in [0.29, 0.717) is 12.6 Å². The fraction of sp³-hybridized carbons (Fsp3) is 0.533. The first kappa shape index (κ1) is 13.8. The molecule has 1 aliphatic rings. The first-order chi connectivity index (χ1) is 9.81. The van der Waals surface area contributed by atoms with Crippen LogP contribution in [0.25, 0.3) is 0 Å². The molecule has 5 heteroatoms. The van der Waals surface area contributed by atoms with E-state index < -0.39 is 0 Å². The van der Waals surface area contributed by atoms with Gasteiger partial charge >= 0.3 is 0 Å². The third-order valence-corrected chi connectivity index (χ3v) is 4.68. The molecule has 1 saturated carbocycles. The highest BCUT2D eigenvalue weighted by atomic mass is 32.1. The Kier molecular flexibility index (Phi) is 4.19. The van der Waals surface area contributed by atoms with Gasteiger partial charge in [-0.2, -0.15) is 16.4 Å². The van der Waals surface area contributed by atoms with E-state index >= 15 is 0 Å². The highest BCUT2D eigenvalue weighted by Gasteiger charge is 2.34. The molecule has 0 aliphatic heterocycles. The summed E-state index contributed by atoms with van der Waals surface area (Å²) in [6, 6.07) is 3.18. The highest BCUT2D eigenvalue weighted by Crippen LogP contribution is 2.35. The Bertz CT molecular complexity index is 530. The average molecular weight is 290 g/mol. The van der Waals surface area contributed by atoms with Crippen molar-refractivity contribution >= 4 is 11.3 Å². The van der Waals surface area contributed by atoms with Crippen LogP contribution in [0.3, 0.4) is 0 Å². The molecule has 1 aliphatic carbocycles. The van der Waals surface area contributed by atoms with Gasteiger partial charge in [-0.1, -0.05) is 0 Å². The normalized spacial score (nSPS) is 16.8. The zero-order valence-electron chi connectivity index (χ0n) is 11.9. The van der Waals surface area contributed by atoms with Crippen LogP contribution in [0.1, 0.15) is 36.9 Å². The monoisotopic (exact) mass is 290 g/mol. The van der Waals surface area contributed by atoms with Crippen molar-refractivity contribution < 1.29 is 0 Å². The lowest BCUT2D eigenvalue weighted by molar-refractivity contribution is 0.182. The minimum atomic E-state index is 0.280. The van der Waals surface area contributed by atoms with Crippen LogP contribution in [0.4, 0.5) is 0 Å². The summed E-state index contributed by atoms with van der Waals surface area (Å²) in [7, 11) is 0. The van der Waals surface area contributed by atoms with Crippen molar-refractivity contribution in [3.8, 4) is 0 Å². The van der Waals surface area contributed by atoms with Gasteiger partial charge in [0.1, 0.15) is 0 Å². The molecule has 4 nitrogen and oxygen atoms in total. The predicted octanol–water partition coefficient (Wildman–Crippen LogP) is 2.63. The van der Waals surface area contributed by atoms with Gasteiger partial charge in [-0.25, -0.2) is 0 Å². The minimum Gasteiger partial charge on any atom is -0.329 e. The molecule has 0 aromatic carbocycles. The summed E-state index contributed by atoms with van der Waals surface area (Å²) in [5.74, 6) is 0. The number of nitrogens with zero attached hydrogens (tertiary/aromatic N) is 3. The maximum absolute atomic E-state index is 6.07. The lowest BCUT2D eigenvalue weighted by Gasteiger charge is -2.30. The SMILES string of the molecule is CCn1cc(C(CN)N(Cc2ccsc2)C2CC2)cn1. The maximum Gasteiger partial charge on any atom is 0.0538 e. The number of aromatic nitrogens is 2. The Morgan fingerprint density at radius 2 is 2.40 bits per heavy atom. The molecule has 0 saturated heterocycles. The van der Waals surface area contributed by atoms with E-state index in [1.807, 2.05) is 10.9 Å². The Hall–Kier alpha value is -1.17. The van der Waals surface area contributed by atoms with Crippen molar-refractivity contribution in [1.29, 1.82) is 0 Å². The molecule has 1 atom stereocenters. The third kappa shape index (κ3) is 2.95. The lowest BCUT2D eigenvalue weighted by Crippen LogP contribution is -2.34. The van der Waals surface area contributed by atoms with Gasteiger partial charge in [-0.05, 0) is 42.2 Å². The fourth-order valence-electron chi connectivity index (χ4n) is 2.68. The van der Waals surface area contributed by atoms with Gasteiger partial charge in [-0.3, -0.25) is 9.58 Å². The topological polar surface area (TPSA) is 47.1 Å². The van der Waals surface area contributed by atoms with Gasteiger partial charge in [0.25, 0.3) is 0 Å². The zero-order valence-corrected chi connectivity index (χ0v) is 12.7. The smallest absolute Gasteiger partial charge is 0.0538 e. The Morgan fingerprint density at radius 1 is 1.55 bits per heavy atom. The van der Waals surface area contributed by atoms with Gasteiger partial charge in [0, 0.05) is 37.4 Å². The molecule has 1 unspecified atom stereocenters. The molecule has 108 valence electrons. The van der Waals surface area contributed by atoms with Crippen molar-refractivity contribution in [3.05, 3.63) is 40.3 Å². The van der Waals surface area contributed by atoms with Gasteiger partial charge in [0.05, 0.1) is 12.2 Å². The number of aryl methyl sites for hydroxylation is 1. The van der Waals surface area contributed by atoms with E-state index in [0.717, 1.165) is 13.1 Å². The molecule has 0 amide bonds. The summed E-state index contributed by atoms with van der Waals surface area (Å²) < 4.78 is 1.98. The molecule has 0 bridgehead atoms. The summed E-state index contributed by atoms with van der Waals surface area (Å²) in [4.78, 5) is 2.55. The van der Waals surface area contributed by atoms with Crippen molar-refractivity contribution in [1.82, 2.24) is 14.7 Å². The fourth-order valence-corrected chi connectivity index (χ4v) is 3.34. The van der Waals surface area contributed by atoms with Gasteiger partial charge < -0.3 is 5.73 Å². The molecule has 1 fully saturated rings. The third-order valence-electron chi connectivity index (χ3n) is 3.95. The molecule has 2 aromatic heterocycles. The average Bonchev–Trinajstić information content (AvgIpc) is 2.99. The van der Waals surface area contributed by atoms with E-state index in [4.69, 9.17) is 5.73 Å². The first-order valence-corrected chi connectivity index (χ1v) is 8.25. The van der Waals surface area contributed by atoms with Crippen LogP contribution in [0, 0.1) is 0 Å². The summed E-state index contributed by atoms with van der Waals surface area (Å²) in [5, 5.41) is 8.78. The van der Waals surface area contributed by atoms with Crippen molar-refractivity contribution in [2.45, 2.75) is 44.9 Å². The molecular weight excluding hydrogens is 268 g/mol. The molecule has 2 heterocycles. The van der Waals surface area contributed by atoms with Crippen LogP contribution in [0.15, 0.2) is 29.2 Å². The first-order valence-electron chi connectivity index (χ1n) is 7.31. The van der Waals surface area contributed by atoms with Gasteiger partial charge in [0.2, 0.25) is 0 Å². The molecule has 0 radical (unpaired) electrons. The second kappa shape index (κ2) is 6.08. The van der Waals surface area contributed by atoms with E-state index in [9.17, 15) is 0 Å². The predicted molar refractivity (Wildman–Crippen MR) is 82.6 cm³/mol. The van der Waals surface area contributed by atoms with Crippen molar-refractivity contribution in [2.75, 3.05) is 6.54 Å². The van der Waals surface area contributed by atoms with Crippen LogP contribution < -0.4 is 5.73 Å². The standard InChI is InChI=1S/C15H22N4S/c1-2-18-10-13(8-17-18)15(7-16)19(14-3-4-14)9-12-5-6-20-11-12/h5-6,8,10-11,14-15H,2-4,7,9,16H2,1H3. The second-order valence-corrected chi connectivity index (χ2v) is 6.20. The quantitative estimate of drug-likeness (QED) is 0.852. The van der Waals surface area contributed by atoms with E-state index in [1.54, 1.807) is 11.3 Å². The zero-order chi connectivity index (χ0) is 13.9. The van der Waals surface area contributed by atoms with Gasteiger partial charge in [0.15, 0.2) is 0 Å². The van der Waals surface area contributed by atoms with E-state index in [-0.39, 0.29) is 6.04 Å². The van der Waals surface area contributed by atoms with E-state index in [2.05, 4.69) is 39.9 Å². The number of hydrogen-bond donors (Lipinski definition) is 1. The van der Waals surface area contributed by atoms with Crippen molar-refractivity contribution in [2.24, 2.45) is 5.73 Å². The van der Waals surface area contributed by atoms with Crippen LogP contribution in [-0.4, -0.2) is 27.3 Å². The number of rotatable bonds is 7. The Labute approximate surface area is 124 Å². The summed E-state index contributed by atoms with van der Waals surface area (Å²) in [6.07, 6.45) is 6.70. The second-order valence-electron chi connectivity index (χ2n) is 5.42. The lowest BCUT2D eigenvalue weighted by atomic mass is 10.1.